The molecule has 1 unspecified atom stereocenters. The molecular formula is C46H54F2N6O5. The minimum absolute atomic E-state index is 0.0166. The van der Waals surface area contributed by atoms with E-state index in [4.69, 9.17) is 0 Å². The number of benzene rings is 4. The Morgan fingerprint density at radius 2 is 1.39 bits per heavy atom. The van der Waals surface area contributed by atoms with E-state index in [1.807, 2.05) is 76.3 Å². The molecule has 0 bridgehead atoms. The first kappa shape index (κ1) is 42.8. The van der Waals surface area contributed by atoms with Crippen LogP contribution in [0.4, 0.5) is 20.2 Å². The highest BCUT2D eigenvalue weighted by atomic mass is 19.3. The van der Waals surface area contributed by atoms with Gasteiger partial charge in [0.05, 0.1) is 6.61 Å². The Balaban J connectivity index is 1.21. The lowest BCUT2D eigenvalue weighted by Gasteiger charge is -2.39. The molecule has 2 saturated heterocycles. The number of amides is 3. The largest absolute Gasteiger partial charge is 0.435 e. The van der Waals surface area contributed by atoms with Crippen LogP contribution in [0, 0.1) is 0 Å². The van der Waals surface area contributed by atoms with E-state index in [0.29, 0.717) is 57.8 Å². The number of rotatable bonds is 16. The number of aliphatic hydroxyl groups is 1. The molecule has 11 nitrogen and oxygen atoms in total. The number of anilines is 2. The minimum atomic E-state index is -2.94. The smallest absolute Gasteiger partial charge is 0.387 e. The number of carbonyl (C=O) groups is 3. The van der Waals surface area contributed by atoms with Gasteiger partial charge in [0.25, 0.3) is 0 Å². The minimum Gasteiger partial charge on any atom is -0.435 e. The maximum Gasteiger partial charge on any atom is 0.387 e. The predicted molar refractivity (Wildman–Crippen MR) is 226 cm³/mol. The van der Waals surface area contributed by atoms with Gasteiger partial charge in [0, 0.05) is 110 Å². The zero-order valence-electron chi connectivity index (χ0n) is 33.8. The van der Waals surface area contributed by atoms with Crippen molar-refractivity contribution in [3.05, 3.63) is 131 Å². The third kappa shape index (κ3) is 12.1. The number of hydrogen-bond acceptors (Lipinski definition) is 8. The zero-order valence-corrected chi connectivity index (χ0v) is 33.8. The Hall–Kier alpha value is -5.79. The molecule has 0 saturated carbocycles. The fraction of sp³-hybridized carbons (Fsp3) is 0.370. The molecular weight excluding hydrogens is 755 g/mol. The van der Waals surface area contributed by atoms with Gasteiger partial charge in [-0.1, -0.05) is 66.7 Å². The molecule has 6 rings (SSSR count). The van der Waals surface area contributed by atoms with Crippen molar-refractivity contribution in [2.45, 2.75) is 39.1 Å². The lowest BCUT2D eigenvalue weighted by atomic mass is 10.0. The van der Waals surface area contributed by atoms with Crippen LogP contribution in [-0.2, 0) is 33.9 Å². The quantitative estimate of drug-likeness (QED) is 0.151. The van der Waals surface area contributed by atoms with E-state index in [2.05, 4.69) is 38.8 Å². The SMILES string of the molecule is CC(=O)N1CCN(c2ccc(CN(C(=O)C=Cc3ccc(OC(F)F)cc3)C(Cc3ccccc3)C(=O)N3CCN(Cc4ccc(N(C)CCO)cc4)CC3)cc2)CC1. The van der Waals surface area contributed by atoms with Crippen LogP contribution >= 0.6 is 0 Å². The van der Waals surface area contributed by atoms with Gasteiger partial charge in [0.2, 0.25) is 17.7 Å². The van der Waals surface area contributed by atoms with E-state index < -0.39 is 12.7 Å². The van der Waals surface area contributed by atoms with Gasteiger partial charge in [0.15, 0.2) is 0 Å². The van der Waals surface area contributed by atoms with Crippen molar-refractivity contribution < 1.29 is 33.0 Å². The average molecular weight is 809 g/mol. The molecule has 0 spiro atoms. The second-order valence-corrected chi connectivity index (χ2v) is 15.0. The van der Waals surface area contributed by atoms with E-state index in [1.165, 1.54) is 18.2 Å². The van der Waals surface area contributed by atoms with Gasteiger partial charge in [-0.15, -0.1) is 0 Å². The lowest BCUT2D eigenvalue weighted by Crippen LogP contribution is -2.56. The average Bonchev–Trinajstić information content (AvgIpc) is 3.25. The number of piperazine rings is 2. The fourth-order valence-corrected chi connectivity index (χ4v) is 7.55. The molecule has 312 valence electrons. The molecule has 1 atom stereocenters. The number of likely N-dealkylation sites (N-methyl/N-ethyl adjacent to an activating group) is 1. The summed E-state index contributed by atoms with van der Waals surface area (Å²) in [7, 11) is 1.95. The van der Waals surface area contributed by atoms with E-state index in [0.717, 1.165) is 47.7 Å². The Bertz CT molecular complexity index is 1980. The first-order valence-corrected chi connectivity index (χ1v) is 20.1. The highest BCUT2D eigenvalue weighted by Crippen LogP contribution is 2.23. The van der Waals surface area contributed by atoms with Gasteiger partial charge < -0.3 is 34.3 Å². The van der Waals surface area contributed by atoms with Gasteiger partial charge in [0.1, 0.15) is 11.8 Å². The van der Waals surface area contributed by atoms with Crippen LogP contribution in [0.2, 0.25) is 0 Å². The van der Waals surface area contributed by atoms with Crippen molar-refractivity contribution in [1.29, 1.82) is 0 Å². The van der Waals surface area contributed by atoms with Crippen molar-refractivity contribution in [2.24, 2.45) is 0 Å². The second kappa shape index (κ2) is 20.8. The maximum absolute atomic E-state index is 14.8. The zero-order chi connectivity index (χ0) is 41.7. The van der Waals surface area contributed by atoms with Crippen LogP contribution in [0.1, 0.15) is 29.2 Å². The van der Waals surface area contributed by atoms with Crippen molar-refractivity contribution >= 4 is 35.2 Å². The molecule has 2 fully saturated rings. The lowest BCUT2D eigenvalue weighted by molar-refractivity contribution is -0.145. The summed E-state index contributed by atoms with van der Waals surface area (Å²) in [6.45, 7) is 5.35. The number of ether oxygens (including phenoxy) is 1. The van der Waals surface area contributed by atoms with Crippen molar-refractivity contribution in [1.82, 2.24) is 19.6 Å². The van der Waals surface area contributed by atoms with Gasteiger partial charge in [-0.05, 0) is 64.7 Å². The number of alkyl halides is 2. The number of aliphatic hydroxyl groups excluding tert-OH is 1. The maximum atomic E-state index is 14.8. The molecule has 4 aromatic carbocycles. The topological polar surface area (TPSA) is 100 Å². The van der Waals surface area contributed by atoms with Crippen LogP contribution < -0.4 is 14.5 Å². The van der Waals surface area contributed by atoms with Crippen molar-refractivity contribution in [3.8, 4) is 5.75 Å². The monoisotopic (exact) mass is 808 g/mol. The standard InChI is InChI=1S/C46H54F2N6O5/c1-35(56)51-26-28-52(29-27-51)41-17-10-39(11-18-41)34-54(44(57)21-14-36-12-19-42(20-13-36)59-46(47)48)43(32-37-6-4-3-5-7-37)45(58)53-24-22-50(23-25-53)33-38-8-15-40(16-9-38)49(2)30-31-55/h3-21,43,46,55H,22-34H2,1-2H3. The first-order chi connectivity index (χ1) is 28.6. The summed E-state index contributed by atoms with van der Waals surface area (Å²) >= 11 is 0. The molecule has 1 N–H and O–H groups in total. The third-order valence-electron chi connectivity index (χ3n) is 11.0. The van der Waals surface area contributed by atoms with Gasteiger partial charge in [-0.3, -0.25) is 19.3 Å². The molecule has 2 heterocycles. The molecule has 59 heavy (non-hydrogen) atoms. The normalized spacial score (nSPS) is 15.4. The van der Waals surface area contributed by atoms with Crippen LogP contribution in [0.25, 0.3) is 6.08 Å². The fourth-order valence-electron chi connectivity index (χ4n) is 7.55. The van der Waals surface area contributed by atoms with Gasteiger partial charge in [-0.2, -0.15) is 8.78 Å². The van der Waals surface area contributed by atoms with E-state index in [9.17, 15) is 28.3 Å². The number of carbonyl (C=O) groups excluding carboxylic acids is 3. The van der Waals surface area contributed by atoms with Crippen molar-refractivity contribution in [2.75, 3.05) is 82.4 Å². The highest BCUT2D eigenvalue weighted by molar-refractivity contribution is 5.96. The van der Waals surface area contributed by atoms with Crippen LogP contribution in [0.15, 0.2) is 109 Å². The summed E-state index contributed by atoms with van der Waals surface area (Å²) in [5.41, 5.74) is 5.62. The summed E-state index contributed by atoms with van der Waals surface area (Å²) in [6, 6.07) is 31.2. The van der Waals surface area contributed by atoms with Crippen molar-refractivity contribution in [3.63, 3.8) is 0 Å². The third-order valence-corrected chi connectivity index (χ3v) is 11.0. The summed E-state index contributed by atoms with van der Waals surface area (Å²) in [4.78, 5) is 52.9. The molecule has 4 aromatic rings. The second-order valence-electron chi connectivity index (χ2n) is 15.0. The summed E-state index contributed by atoms with van der Waals surface area (Å²) in [5, 5.41) is 9.29. The van der Waals surface area contributed by atoms with Gasteiger partial charge >= 0.3 is 6.61 Å². The Morgan fingerprint density at radius 1 is 0.763 bits per heavy atom. The van der Waals surface area contributed by atoms with Gasteiger partial charge in [-0.25, -0.2) is 0 Å². The number of halogens is 2. The van der Waals surface area contributed by atoms with E-state index >= 15 is 0 Å². The number of nitrogens with zero attached hydrogens (tertiary/aromatic N) is 6. The van der Waals surface area contributed by atoms with Crippen LogP contribution in [0.3, 0.4) is 0 Å². The highest BCUT2D eigenvalue weighted by Gasteiger charge is 2.34. The summed E-state index contributed by atoms with van der Waals surface area (Å²) in [6.07, 6.45) is 3.36. The van der Waals surface area contributed by atoms with E-state index in [1.54, 1.807) is 30.0 Å². The molecule has 0 aliphatic carbocycles. The molecule has 2 aliphatic heterocycles. The summed E-state index contributed by atoms with van der Waals surface area (Å²) < 4.78 is 30.0. The Morgan fingerprint density at radius 3 is 2.00 bits per heavy atom. The Labute approximate surface area is 345 Å². The Kier molecular flexibility index (Phi) is 15.1. The van der Waals surface area contributed by atoms with Crippen LogP contribution in [-0.4, -0.2) is 128 Å². The number of hydrogen-bond donors (Lipinski definition) is 1. The molecule has 0 aromatic heterocycles. The summed E-state index contributed by atoms with van der Waals surface area (Å²) in [5.74, 6) is -0.394. The molecule has 2 aliphatic rings. The van der Waals surface area contributed by atoms with Crippen LogP contribution in [0.5, 0.6) is 5.75 Å². The van der Waals surface area contributed by atoms with E-state index in [-0.39, 0.29) is 36.6 Å². The molecule has 0 radical (unpaired) electrons. The molecule has 13 heteroatoms. The first-order valence-electron chi connectivity index (χ1n) is 20.1. The predicted octanol–water partition coefficient (Wildman–Crippen LogP) is 5.38. The molecule has 3 amide bonds.